The predicted octanol–water partition coefficient (Wildman–Crippen LogP) is 3.31. The molecule has 0 bridgehead atoms. The molecule has 4 nitrogen and oxygen atoms in total. The number of nitrogens with zero attached hydrogens (tertiary/aromatic N) is 1. The zero-order chi connectivity index (χ0) is 15.2. The van der Waals surface area contributed by atoms with Crippen LogP contribution in [0.3, 0.4) is 0 Å². The molecule has 21 heavy (non-hydrogen) atoms. The molecule has 2 unspecified atom stereocenters. The van der Waals surface area contributed by atoms with Crippen LogP contribution in [0.1, 0.15) is 64.7 Å². The molecular weight excluding hydrogens is 266 g/mol. The molecule has 0 aromatic heterocycles. The van der Waals surface area contributed by atoms with Crippen molar-refractivity contribution in [3.63, 3.8) is 0 Å². The van der Waals surface area contributed by atoms with Gasteiger partial charge < -0.3 is 10.0 Å². The van der Waals surface area contributed by atoms with E-state index in [1.807, 2.05) is 4.90 Å². The van der Waals surface area contributed by atoms with Crippen molar-refractivity contribution in [3.05, 3.63) is 0 Å². The largest absolute Gasteiger partial charge is 0.481 e. The van der Waals surface area contributed by atoms with Crippen molar-refractivity contribution in [2.75, 3.05) is 13.1 Å². The number of carbonyl (C=O) groups is 2. The molecule has 2 fully saturated rings. The summed E-state index contributed by atoms with van der Waals surface area (Å²) in [5.41, 5.74) is 0. The number of carboxylic acid groups (broad SMARTS) is 1. The molecular formula is C17H29NO3. The first-order valence-electron chi connectivity index (χ1n) is 8.63. The number of carboxylic acids is 1. The third-order valence-electron chi connectivity index (χ3n) is 5.18. The number of rotatable bonds is 6. The highest BCUT2D eigenvalue weighted by atomic mass is 16.4. The Morgan fingerprint density at radius 2 is 1.90 bits per heavy atom. The second-order valence-corrected chi connectivity index (χ2v) is 6.83. The van der Waals surface area contributed by atoms with Crippen molar-refractivity contribution in [2.45, 2.75) is 64.7 Å². The van der Waals surface area contributed by atoms with E-state index in [0.29, 0.717) is 25.4 Å². The van der Waals surface area contributed by atoms with E-state index in [2.05, 4.69) is 6.92 Å². The van der Waals surface area contributed by atoms with Crippen molar-refractivity contribution in [1.29, 1.82) is 0 Å². The van der Waals surface area contributed by atoms with Crippen molar-refractivity contribution in [2.24, 2.45) is 17.8 Å². The van der Waals surface area contributed by atoms with Crippen LogP contribution in [-0.2, 0) is 9.59 Å². The summed E-state index contributed by atoms with van der Waals surface area (Å²) >= 11 is 0. The second-order valence-electron chi connectivity index (χ2n) is 6.83. The number of likely N-dealkylation sites (tertiary alicyclic amines) is 1. The Bertz CT molecular complexity index is 363. The monoisotopic (exact) mass is 295 g/mol. The van der Waals surface area contributed by atoms with E-state index in [4.69, 9.17) is 5.11 Å². The van der Waals surface area contributed by atoms with Crippen molar-refractivity contribution >= 4 is 11.9 Å². The smallest absolute Gasteiger partial charge is 0.308 e. The molecule has 1 saturated heterocycles. The third kappa shape index (κ3) is 4.45. The van der Waals surface area contributed by atoms with Crippen molar-refractivity contribution in [1.82, 2.24) is 4.90 Å². The SMILES string of the molecule is CCCC(CC1CCCCC1)C(=O)N1CCC(C(=O)O)C1. The van der Waals surface area contributed by atoms with E-state index in [1.165, 1.54) is 32.1 Å². The third-order valence-corrected chi connectivity index (χ3v) is 5.18. The number of carbonyl (C=O) groups excluding carboxylic acids is 1. The Kier molecular flexibility index (Phi) is 6.07. The summed E-state index contributed by atoms with van der Waals surface area (Å²) in [7, 11) is 0. The lowest BCUT2D eigenvalue weighted by molar-refractivity contribution is -0.141. The fraction of sp³-hybridized carbons (Fsp3) is 0.882. The summed E-state index contributed by atoms with van der Waals surface area (Å²) in [5.74, 6) is -0.0792. The molecule has 2 atom stereocenters. The normalized spacial score (nSPS) is 25.0. The van der Waals surface area contributed by atoms with Gasteiger partial charge in [-0.15, -0.1) is 0 Å². The molecule has 120 valence electrons. The van der Waals surface area contributed by atoms with Crippen molar-refractivity contribution < 1.29 is 14.7 Å². The summed E-state index contributed by atoms with van der Waals surface area (Å²) in [6.45, 7) is 3.17. The maximum atomic E-state index is 12.7. The van der Waals surface area contributed by atoms with Gasteiger partial charge in [-0.1, -0.05) is 45.4 Å². The van der Waals surface area contributed by atoms with E-state index in [0.717, 1.165) is 19.3 Å². The lowest BCUT2D eigenvalue weighted by atomic mass is 9.81. The maximum Gasteiger partial charge on any atom is 0.308 e. The molecule has 1 heterocycles. The standard InChI is InChI=1S/C17H29NO3/c1-2-6-14(11-13-7-4-3-5-8-13)16(19)18-10-9-15(12-18)17(20)21/h13-15H,2-12H2,1H3,(H,20,21). The lowest BCUT2D eigenvalue weighted by Crippen LogP contribution is -2.36. The van der Waals surface area contributed by atoms with Gasteiger partial charge in [0.1, 0.15) is 0 Å². The first-order valence-corrected chi connectivity index (χ1v) is 8.63. The van der Waals surface area contributed by atoms with Gasteiger partial charge in [0.05, 0.1) is 5.92 Å². The number of aliphatic carboxylic acids is 1. The van der Waals surface area contributed by atoms with Crippen LogP contribution in [0.5, 0.6) is 0 Å². The second kappa shape index (κ2) is 7.81. The Morgan fingerprint density at radius 3 is 2.48 bits per heavy atom. The maximum absolute atomic E-state index is 12.7. The van der Waals surface area contributed by atoms with Gasteiger partial charge in [-0.2, -0.15) is 0 Å². The van der Waals surface area contributed by atoms with Crippen LogP contribution in [0, 0.1) is 17.8 Å². The van der Waals surface area contributed by atoms with Gasteiger partial charge in [0.15, 0.2) is 0 Å². The van der Waals surface area contributed by atoms with E-state index in [1.54, 1.807) is 0 Å². The van der Waals surface area contributed by atoms with E-state index in [9.17, 15) is 9.59 Å². The van der Waals surface area contributed by atoms with Gasteiger partial charge in [-0.3, -0.25) is 9.59 Å². The Morgan fingerprint density at radius 1 is 1.19 bits per heavy atom. The van der Waals surface area contributed by atoms with Gasteiger partial charge in [-0.25, -0.2) is 0 Å². The molecule has 2 rings (SSSR count). The van der Waals surface area contributed by atoms with Gasteiger partial charge in [-0.05, 0) is 25.2 Å². The topological polar surface area (TPSA) is 57.6 Å². The van der Waals surface area contributed by atoms with Crippen LogP contribution in [0.15, 0.2) is 0 Å². The zero-order valence-corrected chi connectivity index (χ0v) is 13.2. The molecule has 1 aliphatic carbocycles. The fourth-order valence-electron chi connectivity index (χ4n) is 3.94. The molecule has 0 radical (unpaired) electrons. The van der Waals surface area contributed by atoms with Crippen LogP contribution in [0.25, 0.3) is 0 Å². The highest BCUT2D eigenvalue weighted by molar-refractivity contribution is 5.80. The molecule has 2 aliphatic rings. The van der Waals surface area contributed by atoms with E-state index >= 15 is 0 Å². The molecule has 1 N–H and O–H groups in total. The first kappa shape index (κ1) is 16.3. The lowest BCUT2D eigenvalue weighted by Gasteiger charge is -2.28. The number of hydrogen-bond donors (Lipinski definition) is 1. The summed E-state index contributed by atoms with van der Waals surface area (Å²) in [5, 5.41) is 9.08. The van der Waals surface area contributed by atoms with Gasteiger partial charge in [0.25, 0.3) is 0 Å². The molecule has 0 aromatic rings. The van der Waals surface area contributed by atoms with Crippen LogP contribution in [0.4, 0.5) is 0 Å². The molecule has 4 heteroatoms. The first-order chi connectivity index (χ1) is 10.1. The summed E-state index contributed by atoms with van der Waals surface area (Å²) < 4.78 is 0. The van der Waals surface area contributed by atoms with Crippen molar-refractivity contribution in [3.8, 4) is 0 Å². The minimum atomic E-state index is -0.760. The average Bonchev–Trinajstić information content (AvgIpc) is 2.97. The molecule has 0 spiro atoms. The summed E-state index contributed by atoms with van der Waals surface area (Å²) in [6.07, 6.45) is 10.1. The minimum Gasteiger partial charge on any atom is -0.481 e. The zero-order valence-electron chi connectivity index (χ0n) is 13.2. The Labute approximate surface area is 127 Å². The van der Waals surface area contributed by atoms with Gasteiger partial charge in [0, 0.05) is 19.0 Å². The van der Waals surface area contributed by atoms with E-state index in [-0.39, 0.29) is 17.7 Å². The number of hydrogen-bond acceptors (Lipinski definition) is 2. The minimum absolute atomic E-state index is 0.116. The summed E-state index contributed by atoms with van der Waals surface area (Å²) in [4.78, 5) is 25.6. The molecule has 1 aliphatic heterocycles. The van der Waals surface area contributed by atoms with Crippen LogP contribution < -0.4 is 0 Å². The Balaban J connectivity index is 1.90. The van der Waals surface area contributed by atoms with E-state index < -0.39 is 5.97 Å². The van der Waals surface area contributed by atoms with Crippen LogP contribution >= 0.6 is 0 Å². The van der Waals surface area contributed by atoms with Gasteiger partial charge >= 0.3 is 5.97 Å². The van der Waals surface area contributed by atoms with Crippen LogP contribution in [0.2, 0.25) is 0 Å². The number of amides is 1. The fourth-order valence-corrected chi connectivity index (χ4v) is 3.94. The molecule has 0 aromatic carbocycles. The Hall–Kier alpha value is -1.06. The van der Waals surface area contributed by atoms with Crippen LogP contribution in [-0.4, -0.2) is 35.0 Å². The molecule has 1 amide bonds. The quantitative estimate of drug-likeness (QED) is 0.818. The molecule has 1 saturated carbocycles. The predicted molar refractivity (Wildman–Crippen MR) is 81.9 cm³/mol. The summed E-state index contributed by atoms with van der Waals surface area (Å²) in [6, 6.07) is 0. The average molecular weight is 295 g/mol. The highest BCUT2D eigenvalue weighted by Crippen LogP contribution is 2.32. The highest BCUT2D eigenvalue weighted by Gasteiger charge is 2.34. The van der Waals surface area contributed by atoms with Gasteiger partial charge in [0.2, 0.25) is 5.91 Å².